The zero-order valence-corrected chi connectivity index (χ0v) is 27.0. The lowest BCUT2D eigenvalue weighted by molar-refractivity contribution is -0.131. The molecule has 1 aromatic heterocycles. The summed E-state index contributed by atoms with van der Waals surface area (Å²) in [7, 11) is 2.13. The van der Waals surface area contributed by atoms with E-state index in [2.05, 4.69) is 83.0 Å². The van der Waals surface area contributed by atoms with Crippen LogP contribution in [0.4, 0.5) is 11.5 Å². The Hall–Kier alpha value is -4.69. The van der Waals surface area contributed by atoms with Gasteiger partial charge in [-0.25, -0.2) is 0 Å². The number of ether oxygens (including phenoxy) is 1. The maximum absolute atomic E-state index is 13.2. The van der Waals surface area contributed by atoms with E-state index in [0.717, 1.165) is 49.4 Å². The number of amides is 2. The number of nitriles is 1. The molecule has 6 rings (SSSR count). The summed E-state index contributed by atoms with van der Waals surface area (Å²) in [5, 5.41) is 14.6. The third-order valence-electron chi connectivity index (χ3n) is 9.49. The number of rotatable bonds is 8. The molecule has 2 amide bonds. The van der Waals surface area contributed by atoms with Crippen LogP contribution in [0.1, 0.15) is 43.0 Å². The quantitative estimate of drug-likeness (QED) is 0.377. The van der Waals surface area contributed by atoms with E-state index >= 15 is 0 Å². The summed E-state index contributed by atoms with van der Waals surface area (Å²) in [6, 6.07) is 15.4. The first-order valence-electron chi connectivity index (χ1n) is 16.1. The largest absolute Gasteiger partial charge is 0.462 e. The summed E-state index contributed by atoms with van der Waals surface area (Å²) < 4.78 is 6.31. The Bertz CT molecular complexity index is 1700. The van der Waals surface area contributed by atoms with E-state index in [9.17, 15) is 14.9 Å². The average molecular weight is 623 g/mol. The number of anilines is 2. The van der Waals surface area contributed by atoms with Crippen molar-refractivity contribution < 1.29 is 14.3 Å². The molecule has 0 unspecified atom stereocenters. The fraction of sp³-hybridized carbons (Fsp3) is 0.457. The van der Waals surface area contributed by atoms with Crippen molar-refractivity contribution in [3.8, 4) is 12.1 Å². The smallest absolute Gasteiger partial charge is 0.318 e. The first-order valence-corrected chi connectivity index (χ1v) is 16.1. The van der Waals surface area contributed by atoms with E-state index in [4.69, 9.17) is 14.7 Å². The minimum Gasteiger partial charge on any atom is -0.462 e. The molecule has 46 heavy (non-hydrogen) atoms. The van der Waals surface area contributed by atoms with Gasteiger partial charge in [0.05, 0.1) is 36.5 Å². The number of likely N-dealkylation sites (N-methyl/N-ethyl adjacent to an activating group) is 1. The Balaban J connectivity index is 1.31. The molecule has 3 aromatic rings. The molecule has 4 heterocycles. The maximum atomic E-state index is 13.2. The van der Waals surface area contributed by atoms with E-state index in [0.29, 0.717) is 44.8 Å². The van der Waals surface area contributed by atoms with Gasteiger partial charge in [0.2, 0.25) is 5.91 Å². The predicted molar refractivity (Wildman–Crippen MR) is 178 cm³/mol. The summed E-state index contributed by atoms with van der Waals surface area (Å²) in [5.41, 5.74) is 4.46. The lowest BCUT2D eigenvalue weighted by Crippen LogP contribution is -2.56. The first-order chi connectivity index (χ1) is 22.2. The highest BCUT2D eigenvalue weighted by Crippen LogP contribution is 2.36. The number of aryl methyl sites for hydroxylation is 1. The predicted octanol–water partition coefficient (Wildman–Crippen LogP) is 3.55. The first kappa shape index (κ1) is 31.3. The van der Waals surface area contributed by atoms with E-state index < -0.39 is 6.04 Å². The molecule has 11 nitrogen and oxygen atoms in total. The second-order valence-corrected chi connectivity index (χ2v) is 12.6. The fourth-order valence-corrected chi connectivity index (χ4v) is 7.08. The van der Waals surface area contributed by atoms with E-state index in [1.807, 2.05) is 0 Å². The topological polar surface area (TPSA) is 118 Å². The number of fused-ring (bicyclic) bond motifs is 2. The highest BCUT2D eigenvalue weighted by molar-refractivity contribution is 5.97. The number of aromatic nitrogens is 2. The number of hydrogen-bond acceptors (Lipinski definition) is 9. The molecule has 1 N–H and O–H groups in total. The fourth-order valence-electron chi connectivity index (χ4n) is 7.08. The number of hydrogen-bond donors (Lipinski definition) is 1. The Morgan fingerprint density at radius 3 is 2.63 bits per heavy atom. The third-order valence-corrected chi connectivity index (χ3v) is 9.49. The van der Waals surface area contributed by atoms with Gasteiger partial charge in [-0.2, -0.15) is 15.2 Å². The number of carbonyl (C=O) groups is 2. The normalized spacial score (nSPS) is 19.9. The molecule has 0 bridgehead atoms. The molecular formula is C35H42N8O3. The molecule has 0 radical (unpaired) electrons. The number of nitrogens with one attached hydrogen (secondary N) is 1. The lowest BCUT2D eigenvalue weighted by atomic mass is 9.99. The molecule has 2 fully saturated rings. The molecular weight excluding hydrogens is 580 g/mol. The zero-order chi connectivity index (χ0) is 32.4. The SMILES string of the molecule is C=C(NC(C)=O)C(=O)N1CCN(c2nc(OC[C@@H]3CCCN3C)nc3c2CCN(c2cccc4cccc(C)c24)C3)C[C@@H]1CC#N. The van der Waals surface area contributed by atoms with Crippen LogP contribution < -0.4 is 19.9 Å². The lowest BCUT2D eigenvalue weighted by Gasteiger charge is -2.42. The van der Waals surface area contributed by atoms with Crippen LogP contribution in [0.25, 0.3) is 10.8 Å². The number of piperazine rings is 1. The van der Waals surface area contributed by atoms with Gasteiger partial charge in [-0.3, -0.25) is 9.59 Å². The summed E-state index contributed by atoms with van der Waals surface area (Å²) in [4.78, 5) is 43.3. The van der Waals surface area contributed by atoms with Crippen LogP contribution in [0.5, 0.6) is 6.01 Å². The van der Waals surface area contributed by atoms with Gasteiger partial charge in [0, 0.05) is 55.8 Å². The van der Waals surface area contributed by atoms with Crippen molar-refractivity contribution >= 4 is 34.1 Å². The van der Waals surface area contributed by atoms with Crippen molar-refractivity contribution in [2.45, 2.75) is 58.2 Å². The van der Waals surface area contributed by atoms with Crippen molar-refractivity contribution in [3.63, 3.8) is 0 Å². The number of carbonyl (C=O) groups excluding carboxylic acids is 2. The zero-order valence-electron chi connectivity index (χ0n) is 27.0. The molecule has 2 aromatic carbocycles. The van der Waals surface area contributed by atoms with Crippen molar-refractivity contribution in [2.24, 2.45) is 0 Å². The van der Waals surface area contributed by atoms with Crippen molar-refractivity contribution in [3.05, 3.63) is 65.5 Å². The van der Waals surface area contributed by atoms with Crippen LogP contribution in [0.3, 0.4) is 0 Å². The van der Waals surface area contributed by atoms with Crippen LogP contribution in [0.15, 0.2) is 48.7 Å². The Morgan fingerprint density at radius 1 is 1.09 bits per heavy atom. The maximum Gasteiger partial charge on any atom is 0.318 e. The molecule has 2 saturated heterocycles. The van der Waals surface area contributed by atoms with Gasteiger partial charge in [0.1, 0.15) is 12.4 Å². The van der Waals surface area contributed by atoms with Crippen molar-refractivity contribution in [2.75, 3.05) is 56.2 Å². The van der Waals surface area contributed by atoms with Crippen LogP contribution in [0, 0.1) is 18.3 Å². The molecule has 0 aliphatic carbocycles. The summed E-state index contributed by atoms with van der Waals surface area (Å²) >= 11 is 0. The third kappa shape index (κ3) is 6.35. The van der Waals surface area contributed by atoms with Gasteiger partial charge in [-0.15, -0.1) is 0 Å². The average Bonchev–Trinajstić information content (AvgIpc) is 3.46. The van der Waals surface area contributed by atoms with Crippen LogP contribution in [0.2, 0.25) is 0 Å². The van der Waals surface area contributed by atoms with Gasteiger partial charge in [-0.05, 0) is 56.8 Å². The molecule has 0 spiro atoms. The van der Waals surface area contributed by atoms with Crippen LogP contribution in [-0.4, -0.2) is 90.0 Å². The van der Waals surface area contributed by atoms with Gasteiger partial charge < -0.3 is 29.7 Å². The van der Waals surface area contributed by atoms with Crippen LogP contribution >= 0.6 is 0 Å². The molecule has 3 aliphatic heterocycles. The second-order valence-electron chi connectivity index (χ2n) is 12.6. The minimum absolute atomic E-state index is 0.0136. The summed E-state index contributed by atoms with van der Waals surface area (Å²) in [6.07, 6.45) is 3.13. The highest BCUT2D eigenvalue weighted by Gasteiger charge is 2.35. The number of benzene rings is 2. The van der Waals surface area contributed by atoms with Gasteiger partial charge in [0.25, 0.3) is 5.91 Å². The number of likely N-dealkylation sites (tertiary alicyclic amines) is 1. The number of nitrogens with zero attached hydrogens (tertiary/aromatic N) is 7. The monoisotopic (exact) mass is 622 g/mol. The second kappa shape index (κ2) is 13.3. The minimum atomic E-state index is -0.391. The Kier molecular flexibility index (Phi) is 9.08. The summed E-state index contributed by atoms with van der Waals surface area (Å²) in [5.74, 6) is 0.0836. The van der Waals surface area contributed by atoms with E-state index in [-0.39, 0.29) is 23.9 Å². The van der Waals surface area contributed by atoms with Crippen molar-refractivity contribution in [1.82, 2.24) is 25.1 Å². The Labute approximate surface area is 270 Å². The molecule has 2 atom stereocenters. The molecule has 11 heteroatoms. The van der Waals surface area contributed by atoms with E-state index in [1.165, 1.54) is 28.9 Å². The molecule has 0 saturated carbocycles. The molecule has 240 valence electrons. The van der Waals surface area contributed by atoms with Gasteiger partial charge in [-0.1, -0.05) is 36.9 Å². The standard InChI is InChI=1S/C35H42N8O3/c1-23-8-5-9-26-10-6-12-31(32(23)26)41-17-14-29-30(21-41)38-35(46-22-28-11-7-16-40(28)4)39-33(29)42-18-19-43(27(20-42)13-15-36)34(45)24(2)37-25(3)44/h5-6,8-10,12,27-28H,2,7,11,13-14,16-22H2,1,3-4H3,(H,37,44)/t27-,28-/m0/s1. The highest BCUT2D eigenvalue weighted by atomic mass is 16.5. The van der Waals surface area contributed by atoms with Crippen LogP contribution in [-0.2, 0) is 22.6 Å². The van der Waals surface area contributed by atoms with E-state index in [1.54, 1.807) is 4.90 Å². The molecule has 3 aliphatic rings. The summed E-state index contributed by atoms with van der Waals surface area (Å²) in [6.45, 7) is 11.6. The van der Waals surface area contributed by atoms with Gasteiger partial charge in [0.15, 0.2) is 0 Å². The Morgan fingerprint density at radius 2 is 1.89 bits per heavy atom. The van der Waals surface area contributed by atoms with Crippen molar-refractivity contribution in [1.29, 1.82) is 5.26 Å². The van der Waals surface area contributed by atoms with Gasteiger partial charge >= 0.3 is 6.01 Å².